The van der Waals surface area contributed by atoms with E-state index in [1.54, 1.807) is 10.8 Å². The summed E-state index contributed by atoms with van der Waals surface area (Å²) in [6.45, 7) is 12.5. The van der Waals surface area contributed by atoms with Gasteiger partial charge in [0.05, 0.1) is 11.4 Å². The molecule has 1 fully saturated rings. The van der Waals surface area contributed by atoms with Crippen LogP contribution in [0.25, 0.3) is 5.65 Å². The van der Waals surface area contributed by atoms with Gasteiger partial charge in [-0.2, -0.15) is 9.61 Å². The zero-order valence-electron chi connectivity index (χ0n) is 14.7. The van der Waals surface area contributed by atoms with Crippen LogP contribution in [0.15, 0.2) is 12.4 Å². The number of aromatic nitrogens is 4. The molecule has 1 aliphatic heterocycles. The highest BCUT2D eigenvalue weighted by Gasteiger charge is 2.28. The van der Waals surface area contributed by atoms with Crippen molar-refractivity contribution in [3.8, 4) is 0 Å². The first-order valence-corrected chi connectivity index (χ1v) is 8.66. The topological polar surface area (TPSA) is 58.3 Å². The summed E-state index contributed by atoms with van der Waals surface area (Å²) >= 11 is 0. The molecule has 2 aromatic rings. The van der Waals surface area contributed by atoms with Crippen molar-refractivity contribution >= 4 is 11.3 Å². The second-order valence-corrected chi connectivity index (χ2v) is 7.57. The number of fused-ring (bicyclic) bond motifs is 1. The molecule has 1 aliphatic rings. The fourth-order valence-electron chi connectivity index (χ4n) is 3.10. The Bertz CT molecular complexity index is 651. The predicted octanol–water partition coefficient (Wildman–Crippen LogP) is 2.61. The van der Waals surface area contributed by atoms with Crippen LogP contribution in [0.2, 0.25) is 0 Å². The van der Waals surface area contributed by atoms with E-state index in [1.807, 2.05) is 0 Å². The molecule has 0 amide bonds. The molecule has 0 radical (unpaired) electrons. The van der Waals surface area contributed by atoms with Crippen molar-refractivity contribution in [2.24, 2.45) is 5.41 Å². The predicted molar refractivity (Wildman–Crippen MR) is 92.7 cm³/mol. The molecule has 0 spiro atoms. The summed E-state index contributed by atoms with van der Waals surface area (Å²) in [7, 11) is 0. The van der Waals surface area contributed by atoms with Crippen LogP contribution >= 0.6 is 0 Å². The minimum atomic E-state index is 0.162. The Morgan fingerprint density at radius 1 is 1.26 bits per heavy atom. The lowest BCUT2D eigenvalue weighted by Gasteiger charge is -2.35. The van der Waals surface area contributed by atoms with Gasteiger partial charge in [-0.15, -0.1) is 10.2 Å². The van der Waals surface area contributed by atoms with Gasteiger partial charge in [0, 0.05) is 12.6 Å². The van der Waals surface area contributed by atoms with Crippen molar-refractivity contribution in [1.82, 2.24) is 24.7 Å². The Hall–Kier alpha value is -1.69. The molecule has 126 valence electrons. The molecule has 1 atom stereocenters. The summed E-state index contributed by atoms with van der Waals surface area (Å²) < 4.78 is 1.77. The van der Waals surface area contributed by atoms with Crippen LogP contribution in [0.1, 0.15) is 46.2 Å². The SMILES string of the molecule is CCc1cc(NC(CN2CCCC2)C(C)(C)C)c2nncn2n1. The van der Waals surface area contributed by atoms with Crippen LogP contribution in [0.4, 0.5) is 5.69 Å². The molecule has 23 heavy (non-hydrogen) atoms. The van der Waals surface area contributed by atoms with Crippen molar-refractivity contribution in [2.75, 3.05) is 25.0 Å². The van der Waals surface area contributed by atoms with Gasteiger partial charge in [-0.3, -0.25) is 0 Å². The van der Waals surface area contributed by atoms with E-state index in [2.05, 4.69) is 59.3 Å². The molecule has 0 aromatic carbocycles. The molecule has 2 aromatic heterocycles. The van der Waals surface area contributed by atoms with Gasteiger partial charge in [0.1, 0.15) is 6.33 Å². The number of hydrogen-bond donors (Lipinski definition) is 1. The van der Waals surface area contributed by atoms with Crippen LogP contribution in [-0.4, -0.2) is 50.4 Å². The van der Waals surface area contributed by atoms with Gasteiger partial charge in [0.15, 0.2) is 0 Å². The fraction of sp³-hybridized carbons (Fsp3) is 0.706. The van der Waals surface area contributed by atoms with Crippen molar-refractivity contribution in [3.63, 3.8) is 0 Å². The van der Waals surface area contributed by atoms with Gasteiger partial charge >= 0.3 is 0 Å². The Morgan fingerprint density at radius 3 is 2.65 bits per heavy atom. The average Bonchev–Trinajstić information content (AvgIpc) is 3.16. The van der Waals surface area contributed by atoms with Crippen LogP contribution in [0.3, 0.4) is 0 Å². The third-order valence-electron chi connectivity index (χ3n) is 4.70. The number of nitrogens with zero attached hydrogens (tertiary/aromatic N) is 5. The fourth-order valence-corrected chi connectivity index (χ4v) is 3.10. The summed E-state index contributed by atoms with van der Waals surface area (Å²) in [5.74, 6) is 0. The van der Waals surface area contributed by atoms with E-state index in [-0.39, 0.29) is 5.41 Å². The molecular weight excluding hydrogens is 288 g/mol. The lowest BCUT2D eigenvalue weighted by molar-refractivity contribution is 0.241. The van der Waals surface area contributed by atoms with Crippen molar-refractivity contribution < 1.29 is 0 Å². The van der Waals surface area contributed by atoms with Crippen molar-refractivity contribution in [1.29, 1.82) is 0 Å². The van der Waals surface area contributed by atoms with E-state index in [0.717, 1.165) is 30.0 Å². The second kappa shape index (κ2) is 6.43. The van der Waals surface area contributed by atoms with Crippen LogP contribution < -0.4 is 5.32 Å². The van der Waals surface area contributed by atoms with Gasteiger partial charge in [-0.25, -0.2) is 0 Å². The first-order valence-electron chi connectivity index (χ1n) is 8.66. The molecule has 1 saturated heterocycles. The van der Waals surface area contributed by atoms with Gasteiger partial charge in [-0.1, -0.05) is 27.7 Å². The number of rotatable bonds is 5. The third kappa shape index (κ3) is 3.63. The zero-order valence-corrected chi connectivity index (χ0v) is 14.7. The smallest absolute Gasteiger partial charge is 0.200 e. The first kappa shape index (κ1) is 16.2. The van der Waals surface area contributed by atoms with Crippen molar-refractivity contribution in [3.05, 3.63) is 18.1 Å². The van der Waals surface area contributed by atoms with E-state index in [4.69, 9.17) is 0 Å². The molecule has 6 nitrogen and oxygen atoms in total. The molecule has 0 bridgehead atoms. The van der Waals surface area contributed by atoms with E-state index < -0.39 is 0 Å². The summed E-state index contributed by atoms with van der Waals surface area (Å²) in [5, 5.41) is 16.5. The number of nitrogens with one attached hydrogen (secondary N) is 1. The lowest BCUT2D eigenvalue weighted by atomic mass is 9.86. The molecule has 3 rings (SSSR count). The highest BCUT2D eigenvalue weighted by Crippen LogP contribution is 2.27. The summed E-state index contributed by atoms with van der Waals surface area (Å²) in [4.78, 5) is 2.56. The van der Waals surface area contributed by atoms with E-state index in [9.17, 15) is 0 Å². The molecule has 1 unspecified atom stereocenters. The van der Waals surface area contributed by atoms with Gasteiger partial charge in [0.2, 0.25) is 5.65 Å². The summed E-state index contributed by atoms with van der Waals surface area (Å²) in [6, 6.07) is 2.47. The summed E-state index contributed by atoms with van der Waals surface area (Å²) in [5.41, 5.74) is 3.05. The highest BCUT2D eigenvalue weighted by molar-refractivity contribution is 5.67. The summed E-state index contributed by atoms with van der Waals surface area (Å²) in [6.07, 6.45) is 5.21. The van der Waals surface area contributed by atoms with Gasteiger partial charge < -0.3 is 10.2 Å². The maximum atomic E-state index is 4.53. The van der Waals surface area contributed by atoms with Crippen LogP contribution in [0, 0.1) is 5.41 Å². The molecule has 1 N–H and O–H groups in total. The standard InChI is InChI=1S/C17H28N6/c1-5-13-10-14(16-20-18-12-23(16)21-13)19-15(17(2,3)4)11-22-8-6-7-9-22/h10,12,15,19H,5-9,11H2,1-4H3. The minimum absolute atomic E-state index is 0.162. The Kier molecular flexibility index (Phi) is 4.53. The average molecular weight is 316 g/mol. The first-order chi connectivity index (χ1) is 11.0. The molecule has 0 aliphatic carbocycles. The Balaban J connectivity index is 1.88. The maximum absolute atomic E-state index is 4.53. The molecule has 6 heteroatoms. The van der Waals surface area contributed by atoms with Crippen LogP contribution in [0.5, 0.6) is 0 Å². The quantitative estimate of drug-likeness (QED) is 0.919. The molecular formula is C17H28N6. The number of likely N-dealkylation sites (tertiary alicyclic amines) is 1. The Morgan fingerprint density at radius 2 is 2.00 bits per heavy atom. The zero-order chi connectivity index (χ0) is 16.4. The lowest BCUT2D eigenvalue weighted by Crippen LogP contribution is -2.43. The normalized spacial score (nSPS) is 17.7. The van der Waals surface area contributed by atoms with E-state index in [1.165, 1.54) is 25.9 Å². The number of anilines is 1. The largest absolute Gasteiger partial charge is 0.377 e. The van der Waals surface area contributed by atoms with Gasteiger partial charge in [0.25, 0.3) is 0 Å². The minimum Gasteiger partial charge on any atom is -0.377 e. The van der Waals surface area contributed by atoms with Crippen molar-refractivity contribution in [2.45, 2.75) is 53.0 Å². The van der Waals surface area contributed by atoms with E-state index >= 15 is 0 Å². The van der Waals surface area contributed by atoms with E-state index in [0.29, 0.717) is 6.04 Å². The number of aryl methyl sites for hydroxylation is 1. The molecule has 3 heterocycles. The highest BCUT2D eigenvalue weighted by atomic mass is 15.3. The monoisotopic (exact) mass is 316 g/mol. The third-order valence-corrected chi connectivity index (χ3v) is 4.70. The molecule has 0 saturated carbocycles. The second-order valence-electron chi connectivity index (χ2n) is 7.57. The maximum Gasteiger partial charge on any atom is 0.200 e. The number of hydrogen-bond acceptors (Lipinski definition) is 5. The van der Waals surface area contributed by atoms with Crippen LogP contribution in [-0.2, 0) is 6.42 Å². The Labute approximate surface area is 138 Å². The van der Waals surface area contributed by atoms with Gasteiger partial charge in [-0.05, 0) is 43.8 Å².